The predicted octanol–water partition coefficient (Wildman–Crippen LogP) is 5.76. The Morgan fingerprint density at radius 3 is 2.52 bits per heavy atom. The van der Waals surface area contributed by atoms with E-state index in [0.29, 0.717) is 18.7 Å². The number of carbonyl (C=O) groups is 1. The molecule has 5 nitrogen and oxygen atoms in total. The van der Waals surface area contributed by atoms with Gasteiger partial charge in [-0.05, 0) is 42.6 Å². The highest BCUT2D eigenvalue weighted by atomic mass is 16.5. The third kappa shape index (κ3) is 4.30. The molecular weight excluding hydrogens is 410 g/mol. The topological polar surface area (TPSA) is 56.2 Å². The molecule has 4 aromatic carbocycles. The van der Waals surface area contributed by atoms with E-state index in [1.54, 1.807) is 0 Å². The van der Waals surface area contributed by atoms with Crippen molar-refractivity contribution in [2.24, 2.45) is 0 Å². The molecule has 5 heteroatoms. The molecule has 1 heterocycles. The highest BCUT2D eigenvalue weighted by molar-refractivity contribution is 5.94. The van der Waals surface area contributed by atoms with Gasteiger partial charge in [-0.25, -0.2) is 4.98 Å². The summed E-state index contributed by atoms with van der Waals surface area (Å²) in [6, 6.07) is 31.3. The van der Waals surface area contributed by atoms with Crippen LogP contribution in [0.1, 0.15) is 29.1 Å². The molecule has 1 N–H and O–H groups in total. The Kier molecular flexibility index (Phi) is 5.77. The van der Waals surface area contributed by atoms with Crippen LogP contribution in [0.4, 0.5) is 0 Å². The van der Waals surface area contributed by atoms with Gasteiger partial charge in [0.1, 0.15) is 18.2 Å². The van der Waals surface area contributed by atoms with E-state index in [0.717, 1.165) is 33.4 Å². The molecule has 1 amide bonds. The van der Waals surface area contributed by atoms with E-state index in [1.807, 2.05) is 79.7 Å². The van der Waals surface area contributed by atoms with Crippen LogP contribution in [0.2, 0.25) is 0 Å². The van der Waals surface area contributed by atoms with Gasteiger partial charge in [0.2, 0.25) is 0 Å². The summed E-state index contributed by atoms with van der Waals surface area (Å²) in [5.41, 5.74) is 2.56. The Hall–Kier alpha value is -4.12. The van der Waals surface area contributed by atoms with Crippen molar-refractivity contribution in [3.8, 4) is 5.75 Å². The summed E-state index contributed by atoms with van der Waals surface area (Å²) in [6.07, 6.45) is 0. The first kappa shape index (κ1) is 20.8. The fraction of sp³-hybridized carbons (Fsp3) is 0.143. The third-order valence-corrected chi connectivity index (χ3v) is 5.78. The quantitative estimate of drug-likeness (QED) is 0.354. The fourth-order valence-corrected chi connectivity index (χ4v) is 4.16. The maximum absolute atomic E-state index is 12.7. The first-order valence-electron chi connectivity index (χ1n) is 11.1. The Labute approximate surface area is 192 Å². The van der Waals surface area contributed by atoms with Crippen LogP contribution in [-0.2, 0) is 6.54 Å². The molecule has 5 rings (SSSR count). The van der Waals surface area contributed by atoms with Crippen LogP contribution in [0.3, 0.4) is 0 Å². The number of imidazole rings is 1. The Bertz CT molecular complexity index is 1400. The van der Waals surface area contributed by atoms with E-state index in [2.05, 4.69) is 34.1 Å². The first-order chi connectivity index (χ1) is 16.2. The molecule has 0 aliphatic heterocycles. The van der Waals surface area contributed by atoms with Crippen molar-refractivity contribution in [2.45, 2.75) is 19.5 Å². The number of carbonyl (C=O) groups excluding carboxylic acids is 1. The van der Waals surface area contributed by atoms with Gasteiger partial charge in [0.15, 0.2) is 0 Å². The van der Waals surface area contributed by atoms with Crippen LogP contribution in [0, 0.1) is 0 Å². The monoisotopic (exact) mass is 435 g/mol. The van der Waals surface area contributed by atoms with Gasteiger partial charge in [0, 0.05) is 10.9 Å². The molecule has 0 radical (unpaired) electrons. The maximum Gasteiger partial charge on any atom is 0.251 e. The summed E-state index contributed by atoms with van der Waals surface area (Å²) in [5, 5.41) is 5.33. The van der Waals surface area contributed by atoms with E-state index in [4.69, 9.17) is 9.72 Å². The van der Waals surface area contributed by atoms with Gasteiger partial charge in [-0.2, -0.15) is 0 Å². The number of amides is 1. The van der Waals surface area contributed by atoms with Gasteiger partial charge in [-0.3, -0.25) is 4.79 Å². The SMILES string of the molecule is CC(NC(=O)c1ccccc1)c1nc2ccccc2n1CCOc1cccc2ccccc12. The minimum absolute atomic E-state index is 0.117. The fourth-order valence-electron chi connectivity index (χ4n) is 4.16. The van der Waals surface area contributed by atoms with Gasteiger partial charge in [-0.15, -0.1) is 0 Å². The molecule has 1 atom stereocenters. The van der Waals surface area contributed by atoms with Crippen molar-refractivity contribution in [1.82, 2.24) is 14.9 Å². The molecule has 0 fully saturated rings. The van der Waals surface area contributed by atoms with Crippen molar-refractivity contribution in [3.63, 3.8) is 0 Å². The lowest BCUT2D eigenvalue weighted by molar-refractivity contribution is 0.0937. The Morgan fingerprint density at radius 1 is 0.909 bits per heavy atom. The van der Waals surface area contributed by atoms with Crippen LogP contribution in [0.5, 0.6) is 5.75 Å². The molecule has 33 heavy (non-hydrogen) atoms. The minimum atomic E-state index is -0.261. The van der Waals surface area contributed by atoms with Gasteiger partial charge in [0.05, 0.1) is 23.6 Å². The minimum Gasteiger partial charge on any atom is -0.491 e. The highest BCUT2D eigenvalue weighted by Gasteiger charge is 2.19. The van der Waals surface area contributed by atoms with Crippen LogP contribution >= 0.6 is 0 Å². The van der Waals surface area contributed by atoms with Crippen molar-refractivity contribution >= 4 is 27.7 Å². The van der Waals surface area contributed by atoms with E-state index < -0.39 is 0 Å². The van der Waals surface area contributed by atoms with E-state index >= 15 is 0 Å². The Morgan fingerprint density at radius 2 is 1.64 bits per heavy atom. The van der Waals surface area contributed by atoms with Gasteiger partial charge in [-0.1, -0.05) is 66.7 Å². The number of hydrogen-bond donors (Lipinski definition) is 1. The van der Waals surface area contributed by atoms with Crippen LogP contribution < -0.4 is 10.1 Å². The maximum atomic E-state index is 12.7. The third-order valence-electron chi connectivity index (χ3n) is 5.78. The van der Waals surface area contributed by atoms with Crippen LogP contribution in [0.25, 0.3) is 21.8 Å². The molecule has 5 aromatic rings. The molecule has 0 saturated heterocycles. The summed E-state index contributed by atoms with van der Waals surface area (Å²) < 4.78 is 8.33. The van der Waals surface area contributed by atoms with E-state index in [9.17, 15) is 4.79 Å². The van der Waals surface area contributed by atoms with Crippen molar-refractivity contribution < 1.29 is 9.53 Å². The van der Waals surface area contributed by atoms with Gasteiger partial charge >= 0.3 is 0 Å². The molecule has 0 aliphatic carbocycles. The number of aromatic nitrogens is 2. The van der Waals surface area contributed by atoms with Crippen molar-refractivity contribution in [1.29, 1.82) is 0 Å². The molecule has 0 saturated carbocycles. The molecule has 1 unspecified atom stereocenters. The molecule has 164 valence electrons. The smallest absolute Gasteiger partial charge is 0.251 e. The molecule has 0 spiro atoms. The number of hydrogen-bond acceptors (Lipinski definition) is 3. The largest absolute Gasteiger partial charge is 0.491 e. The summed E-state index contributed by atoms with van der Waals surface area (Å²) in [7, 11) is 0. The number of nitrogens with zero attached hydrogens (tertiary/aromatic N) is 2. The first-order valence-corrected chi connectivity index (χ1v) is 11.1. The number of rotatable bonds is 7. The molecular formula is C28H25N3O2. The number of benzene rings is 4. The standard InChI is InChI=1S/C28H25N3O2/c1-20(29-28(32)22-11-3-2-4-12-22)27-30-24-15-7-8-16-25(24)31(27)18-19-33-26-17-9-13-21-10-5-6-14-23(21)26/h2-17,20H,18-19H2,1H3,(H,29,32). The molecule has 0 bridgehead atoms. The summed E-state index contributed by atoms with van der Waals surface area (Å²) in [6.45, 7) is 3.06. The van der Waals surface area contributed by atoms with Crippen molar-refractivity contribution in [3.05, 3.63) is 108 Å². The molecule has 0 aliphatic rings. The second kappa shape index (κ2) is 9.17. The van der Waals surface area contributed by atoms with Crippen molar-refractivity contribution in [2.75, 3.05) is 6.61 Å². The normalized spacial score (nSPS) is 12.0. The van der Waals surface area contributed by atoms with Crippen LogP contribution in [-0.4, -0.2) is 22.1 Å². The average molecular weight is 436 g/mol. The zero-order chi connectivity index (χ0) is 22.6. The predicted molar refractivity (Wildman–Crippen MR) is 131 cm³/mol. The summed E-state index contributed by atoms with van der Waals surface area (Å²) in [4.78, 5) is 17.5. The second-order valence-electron chi connectivity index (χ2n) is 8.00. The lowest BCUT2D eigenvalue weighted by Crippen LogP contribution is -2.29. The average Bonchev–Trinajstić information content (AvgIpc) is 3.23. The van der Waals surface area contributed by atoms with Gasteiger partial charge < -0.3 is 14.6 Å². The second-order valence-corrected chi connectivity index (χ2v) is 8.00. The lowest BCUT2D eigenvalue weighted by Gasteiger charge is -2.17. The summed E-state index contributed by atoms with van der Waals surface area (Å²) in [5.74, 6) is 1.56. The number of fused-ring (bicyclic) bond motifs is 2. The summed E-state index contributed by atoms with van der Waals surface area (Å²) >= 11 is 0. The van der Waals surface area contributed by atoms with Crippen LogP contribution in [0.15, 0.2) is 97.1 Å². The zero-order valence-electron chi connectivity index (χ0n) is 18.4. The van der Waals surface area contributed by atoms with Gasteiger partial charge in [0.25, 0.3) is 5.91 Å². The number of para-hydroxylation sites is 2. The molecule has 1 aromatic heterocycles. The lowest BCUT2D eigenvalue weighted by atomic mass is 10.1. The number of nitrogens with one attached hydrogen (secondary N) is 1. The Balaban J connectivity index is 1.38. The zero-order valence-corrected chi connectivity index (χ0v) is 18.4. The number of ether oxygens (including phenoxy) is 1. The van der Waals surface area contributed by atoms with E-state index in [-0.39, 0.29) is 11.9 Å². The van der Waals surface area contributed by atoms with E-state index in [1.165, 1.54) is 0 Å². The highest BCUT2D eigenvalue weighted by Crippen LogP contribution is 2.26.